The molecular formula is C11H19B2N3O2. The average Bonchev–Trinajstić information content (AvgIpc) is 2.42. The Labute approximate surface area is 109 Å². The maximum atomic E-state index is 5.03. The van der Waals surface area contributed by atoms with Crippen LogP contribution in [0.4, 0.5) is 11.4 Å². The fourth-order valence-electron chi connectivity index (χ4n) is 2.10. The lowest BCUT2D eigenvalue weighted by Crippen LogP contribution is -2.42. The highest BCUT2D eigenvalue weighted by Crippen LogP contribution is 2.25. The van der Waals surface area contributed by atoms with Crippen LogP contribution in [-0.2, 0) is 15.7 Å². The summed E-state index contributed by atoms with van der Waals surface area (Å²) in [6, 6.07) is 6.79. The second-order valence-electron chi connectivity index (χ2n) is 4.40. The zero-order chi connectivity index (χ0) is 12.8. The van der Waals surface area contributed by atoms with Crippen LogP contribution in [0, 0.1) is 0 Å². The van der Waals surface area contributed by atoms with E-state index in [0.717, 1.165) is 18.7 Å². The number of anilines is 2. The number of benzene rings is 1. The molecule has 1 aliphatic heterocycles. The maximum Gasteiger partial charge on any atom is 0.393 e. The first kappa shape index (κ1) is 13.3. The zero-order valence-electron chi connectivity index (χ0n) is 11.0. The van der Waals surface area contributed by atoms with Gasteiger partial charge in [-0.25, -0.2) is 0 Å². The highest BCUT2D eigenvalue weighted by molar-refractivity contribution is 6.32. The van der Waals surface area contributed by atoms with Gasteiger partial charge in [-0.15, -0.1) is 0 Å². The largest absolute Gasteiger partial charge is 0.427 e. The van der Waals surface area contributed by atoms with Crippen LogP contribution in [-0.4, -0.2) is 42.0 Å². The van der Waals surface area contributed by atoms with E-state index in [1.54, 1.807) is 14.2 Å². The van der Waals surface area contributed by atoms with Crippen molar-refractivity contribution in [3.8, 4) is 0 Å². The minimum absolute atomic E-state index is 0.426. The molecule has 1 aromatic rings. The Morgan fingerprint density at radius 1 is 1.28 bits per heavy atom. The fourth-order valence-corrected chi connectivity index (χ4v) is 2.10. The van der Waals surface area contributed by atoms with Gasteiger partial charge in [0.1, 0.15) is 0 Å². The topological polar surface area (TPSA) is 54.5 Å². The fraction of sp³-hybridized carbons (Fsp3) is 0.455. The molecular weight excluding hydrogens is 228 g/mol. The molecule has 2 rings (SSSR count). The summed E-state index contributed by atoms with van der Waals surface area (Å²) < 4.78 is 10.0. The molecule has 0 aliphatic carbocycles. The van der Waals surface area contributed by atoms with Crippen LogP contribution >= 0.6 is 0 Å². The maximum absolute atomic E-state index is 5.03. The second-order valence-corrected chi connectivity index (χ2v) is 4.40. The van der Waals surface area contributed by atoms with E-state index in [2.05, 4.69) is 34.0 Å². The van der Waals surface area contributed by atoms with Crippen LogP contribution in [0.5, 0.6) is 0 Å². The molecule has 1 unspecified atom stereocenters. The predicted octanol–water partition coefficient (Wildman–Crippen LogP) is -0.150. The Balaban J connectivity index is 1.97. The summed E-state index contributed by atoms with van der Waals surface area (Å²) in [5, 5.41) is 9.97. The van der Waals surface area contributed by atoms with Gasteiger partial charge in [0, 0.05) is 38.2 Å². The summed E-state index contributed by atoms with van der Waals surface area (Å²) in [6.45, 7) is 0.921. The highest BCUT2D eigenvalue weighted by Gasteiger charge is 2.17. The molecule has 5 nitrogen and oxygen atoms in total. The van der Waals surface area contributed by atoms with Gasteiger partial charge in [0.25, 0.3) is 0 Å². The second kappa shape index (κ2) is 6.68. The Morgan fingerprint density at radius 2 is 2.11 bits per heavy atom. The van der Waals surface area contributed by atoms with Crippen LogP contribution in [0.2, 0.25) is 0 Å². The summed E-state index contributed by atoms with van der Waals surface area (Å²) in [5.74, 6) is 0. The van der Waals surface area contributed by atoms with Crippen LogP contribution in [0.1, 0.15) is 5.56 Å². The number of nitrogens with one attached hydrogen (secondary N) is 3. The van der Waals surface area contributed by atoms with Crippen molar-refractivity contribution in [1.82, 2.24) is 5.23 Å². The third-order valence-corrected chi connectivity index (χ3v) is 3.05. The monoisotopic (exact) mass is 247 g/mol. The third kappa shape index (κ3) is 3.41. The molecule has 1 heterocycles. The molecule has 0 bridgehead atoms. The van der Waals surface area contributed by atoms with Crippen molar-refractivity contribution >= 4 is 26.6 Å². The summed E-state index contributed by atoms with van der Waals surface area (Å²) >= 11 is 0. The molecule has 0 spiro atoms. The van der Waals surface area contributed by atoms with E-state index in [4.69, 9.17) is 9.31 Å². The van der Waals surface area contributed by atoms with E-state index in [0.29, 0.717) is 21.3 Å². The number of hydrogen-bond donors (Lipinski definition) is 3. The number of fused-ring (bicyclic) bond motifs is 1. The summed E-state index contributed by atoms with van der Waals surface area (Å²) in [4.78, 5) is 0. The number of rotatable bonds is 6. The van der Waals surface area contributed by atoms with Crippen molar-refractivity contribution in [2.75, 3.05) is 31.3 Å². The molecule has 1 aromatic carbocycles. The first-order chi connectivity index (χ1) is 8.83. The third-order valence-electron chi connectivity index (χ3n) is 3.05. The van der Waals surface area contributed by atoms with Gasteiger partial charge in [-0.05, 0) is 24.1 Å². The van der Waals surface area contributed by atoms with E-state index in [-0.39, 0.29) is 0 Å². The zero-order valence-corrected chi connectivity index (χ0v) is 11.0. The molecule has 7 heteroatoms. The minimum atomic E-state index is 0.426. The molecule has 0 aromatic heterocycles. The first-order valence-corrected chi connectivity index (χ1v) is 6.15. The smallest absolute Gasteiger partial charge is 0.393 e. The lowest BCUT2D eigenvalue weighted by molar-refractivity contribution is 0.420. The van der Waals surface area contributed by atoms with E-state index < -0.39 is 0 Å². The Hall–Kier alpha value is -1.17. The van der Waals surface area contributed by atoms with Gasteiger partial charge in [-0.1, -0.05) is 6.07 Å². The van der Waals surface area contributed by atoms with Crippen LogP contribution < -0.4 is 15.8 Å². The van der Waals surface area contributed by atoms with Gasteiger partial charge >= 0.3 is 15.2 Å². The van der Waals surface area contributed by atoms with Crippen LogP contribution in [0.3, 0.4) is 0 Å². The van der Waals surface area contributed by atoms with E-state index in [1.165, 1.54) is 11.3 Å². The SMILES string of the molecule is COBNc1ccc2c(c1)NCC(NBOC)C2. The average molecular weight is 247 g/mol. The standard InChI is InChI=1S/C11H19B2N3O2/c1-17-12-15-9-4-3-8-5-10(16-13-18-2)7-14-11(8)6-9/h3-4,6,10,12-16H,5,7H2,1-2H3. The lowest BCUT2D eigenvalue weighted by atomic mass is 9.97. The van der Waals surface area contributed by atoms with Crippen molar-refractivity contribution in [2.24, 2.45) is 0 Å². The molecule has 1 aliphatic rings. The molecule has 0 radical (unpaired) electrons. The van der Waals surface area contributed by atoms with Crippen LogP contribution in [0.25, 0.3) is 0 Å². The van der Waals surface area contributed by atoms with Gasteiger partial charge in [-0.3, -0.25) is 0 Å². The molecule has 96 valence electrons. The van der Waals surface area contributed by atoms with Gasteiger partial charge in [0.05, 0.1) is 0 Å². The van der Waals surface area contributed by atoms with E-state index >= 15 is 0 Å². The van der Waals surface area contributed by atoms with Gasteiger partial charge in [0.15, 0.2) is 0 Å². The molecule has 0 amide bonds. The Bertz CT molecular complexity index is 393. The normalized spacial score (nSPS) is 17.6. The summed E-state index contributed by atoms with van der Waals surface area (Å²) in [7, 11) is 4.49. The minimum Gasteiger partial charge on any atom is -0.427 e. The van der Waals surface area contributed by atoms with E-state index in [1.807, 2.05) is 0 Å². The highest BCUT2D eigenvalue weighted by atomic mass is 16.4. The summed E-state index contributed by atoms with van der Waals surface area (Å²) in [6.07, 6.45) is 1.02. The Kier molecular flexibility index (Phi) is 4.92. The van der Waals surface area contributed by atoms with Crippen molar-refractivity contribution in [2.45, 2.75) is 12.5 Å². The quantitative estimate of drug-likeness (QED) is 0.610. The van der Waals surface area contributed by atoms with Gasteiger partial charge < -0.3 is 25.1 Å². The molecule has 0 saturated heterocycles. The first-order valence-electron chi connectivity index (χ1n) is 6.15. The molecule has 1 atom stereocenters. The predicted molar refractivity (Wildman–Crippen MR) is 77.5 cm³/mol. The molecule has 3 N–H and O–H groups in total. The van der Waals surface area contributed by atoms with Gasteiger partial charge in [0.2, 0.25) is 0 Å². The van der Waals surface area contributed by atoms with Crippen molar-refractivity contribution in [3.05, 3.63) is 23.8 Å². The lowest BCUT2D eigenvalue weighted by Gasteiger charge is -2.27. The van der Waals surface area contributed by atoms with Gasteiger partial charge in [-0.2, -0.15) is 0 Å². The van der Waals surface area contributed by atoms with Crippen molar-refractivity contribution < 1.29 is 9.31 Å². The van der Waals surface area contributed by atoms with E-state index in [9.17, 15) is 0 Å². The van der Waals surface area contributed by atoms with Crippen molar-refractivity contribution in [1.29, 1.82) is 0 Å². The number of hydrogen-bond acceptors (Lipinski definition) is 5. The molecule has 18 heavy (non-hydrogen) atoms. The van der Waals surface area contributed by atoms with Crippen molar-refractivity contribution in [3.63, 3.8) is 0 Å². The summed E-state index contributed by atoms with van der Waals surface area (Å²) in [5.41, 5.74) is 3.61. The molecule has 0 fully saturated rings. The Morgan fingerprint density at radius 3 is 2.89 bits per heavy atom. The van der Waals surface area contributed by atoms with Crippen LogP contribution in [0.15, 0.2) is 18.2 Å². The molecule has 0 saturated carbocycles.